The van der Waals surface area contributed by atoms with Crippen molar-refractivity contribution in [2.45, 2.75) is 0 Å². The van der Waals surface area contributed by atoms with Gasteiger partial charge >= 0.3 is 5.69 Å². The van der Waals surface area contributed by atoms with Crippen LogP contribution in [0.5, 0.6) is 11.5 Å². The van der Waals surface area contributed by atoms with Gasteiger partial charge in [0.05, 0.1) is 4.92 Å². The van der Waals surface area contributed by atoms with Gasteiger partial charge in [-0.05, 0) is 0 Å². The molecule has 0 saturated heterocycles. The van der Waals surface area contributed by atoms with Crippen LogP contribution in [0.4, 0.5) is 5.69 Å². The predicted molar refractivity (Wildman–Crippen MR) is 81.3 cm³/mol. The van der Waals surface area contributed by atoms with E-state index in [0.29, 0.717) is 5.56 Å². The minimum Gasteiger partial charge on any atom is -0.506 e. The van der Waals surface area contributed by atoms with Gasteiger partial charge in [0, 0.05) is 5.56 Å². The second-order valence-corrected chi connectivity index (χ2v) is 5.21. The number of phenols is 2. The first-order chi connectivity index (χ1) is 11.4. The zero-order chi connectivity index (χ0) is 17.2. The summed E-state index contributed by atoms with van der Waals surface area (Å²) < 4.78 is 5.45. The molecule has 2 N–H and O–H groups in total. The van der Waals surface area contributed by atoms with E-state index in [-0.39, 0.29) is 11.3 Å². The molecule has 8 heteroatoms. The van der Waals surface area contributed by atoms with E-state index in [1.807, 2.05) is 0 Å². The molecule has 0 spiro atoms. The van der Waals surface area contributed by atoms with Crippen LogP contribution >= 0.6 is 0 Å². The molecule has 0 atom stereocenters. The predicted octanol–water partition coefficient (Wildman–Crippen LogP) is 2.32. The molecule has 1 heterocycles. The van der Waals surface area contributed by atoms with Gasteiger partial charge in [-0.3, -0.25) is 19.7 Å². The number of nitro groups is 1. The molecule has 0 unspecified atom stereocenters. The minimum atomic E-state index is -1.02. The van der Waals surface area contributed by atoms with E-state index in [2.05, 4.69) is 0 Å². The minimum absolute atomic E-state index is 0.138. The van der Waals surface area contributed by atoms with Gasteiger partial charge < -0.3 is 14.6 Å². The van der Waals surface area contributed by atoms with Gasteiger partial charge in [0.1, 0.15) is 28.0 Å². The van der Waals surface area contributed by atoms with Crippen LogP contribution in [0, 0.1) is 10.1 Å². The highest BCUT2D eigenvalue weighted by atomic mass is 16.6. The lowest BCUT2D eigenvalue weighted by Gasteiger charge is -2.17. The fraction of sp³-hybridized carbons (Fsp3) is 0. The van der Waals surface area contributed by atoms with Gasteiger partial charge in [0.2, 0.25) is 22.5 Å². The smallest absolute Gasteiger partial charge is 0.354 e. The Balaban J connectivity index is 2.30. The summed E-state index contributed by atoms with van der Waals surface area (Å²) in [7, 11) is 0. The van der Waals surface area contributed by atoms with Gasteiger partial charge in [-0.1, -0.05) is 30.3 Å². The Morgan fingerprint density at radius 2 is 1.67 bits per heavy atom. The van der Waals surface area contributed by atoms with Crippen molar-refractivity contribution in [3.05, 3.63) is 61.8 Å². The molecule has 4 rings (SSSR count). The molecule has 0 amide bonds. The first-order valence-electron chi connectivity index (χ1n) is 6.76. The number of hydrogen-bond donors (Lipinski definition) is 2. The van der Waals surface area contributed by atoms with Gasteiger partial charge in [-0.15, -0.1) is 0 Å². The Kier molecular flexibility index (Phi) is 2.57. The molecule has 1 aliphatic carbocycles. The highest BCUT2D eigenvalue weighted by Crippen LogP contribution is 2.48. The molecule has 0 fully saturated rings. The van der Waals surface area contributed by atoms with Crippen molar-refractivity contribution in [1.29, 1.82) is 0 Å². The monoisotopic (exact) mass is 325 g/mol. The molecule has 24 heavy (non-hydrogen) atoms. The van der Waals surface area contributed by atoms with Crippen LogP contribution in [-0.2, 0) is 0 Å². The normalized spacial score (nSPS) is 12.2. The molecule has 0 radical (unpaired) electrons. The fourth-order valence-electron chi connectivity index (χ4n) is 2.89. The average molecular weight is 325 g/mol. The maximum atomic E-state index is 12.6. The van der Waals surface area contributed by atoms with Crippen LogP contribution in [0.25, 0.3) is 22.3 Å². The lowest BCUT2D eigenvalue weighted by Crippen LogP contribution is -2.23. The zero-order valence-electron chi connectivity index (χ0n) is 11.8. The van der Waals surface area contributed by atoms with Gasteiger partial charge in [0.25, 0.3) is 0 Å². The Hall–Kier alpha value is -3.68. The van der Waals surface area contributed by atoms with Gasteiger partial charge in [-0.2, -0.15) is 0 Å². The van der Waals surface area contributed by atoms with Crippen LogP contribution in [0.15, 0.2) is 39.5 Å². The molecule has 2 aromatic carbocycles. The first kappa shape index (κ1) is 13.9. The maximum absolute atomic E-state index is 12.6. The van der Waals surface area contributed by atoms with E-state index in [1.165, 1.54) is 0 Å². The number of nitrogens with zero attached hydrogens (tertiary/aromatic N) is 1. The number of nitro benzene ring substituents is 1. The van der Waals surface area contributed by atoms with Crippen molar-refractivity contribution in [2.75, 3.05) is 0 Å². The van der Waals surface area contributed by atoms with Crippen molar-refractivity contribution >= 4 is 22.4 Å². The van der Waals surface area contributed by atoms with Crippen LogP contribution in [-0.4, -0.2) is 20.9 Å². The topological polar surface area (TPSA) is 131 Å². The molecule has 0 aliphatic heterocycles. The number of carbonyl (C=O) groups is 1. The molecule has 1 aromatic heterocycles. The highest BCUT2D eigenvalue weighted by molar-refractivity contribution is 6.23. The molecule has 3 bridgehead atoms. The Morgan fingerprint density at radius 1 is 1.00 bits per heavy atom. The molecule has 0 saturated carbocycles. The number of fused-ring (bicyclic) bond motifs is 2. The van der Waals surface area contributed by atoms with Crippen LogP contribution in [0.3, 0.4) is 0 Å². The number of aromatic hydroxyl groups is 2. The SMILES string of the molecule is O=C1c2c(O)c([N+](=O)[O-])c3oc(-c4ccccc4)c1c(=O)c3c2O. The number of benzene rings is 2. The molecule has 1 aliphatic rings. The second-order valence-electron chi connectivity index (χ2n) is 5.21. The maximum Gasteiger partial charge on any atom is 0.354 e. The number of rotatable bonds is 2. The summed E-state index contributed by atoms with van der Waals surface area (Å²) in [5.41, 5.74) is -3.03. The van der Waals surface area contributed by atoms with E-state index in [0.717, 1.165) is 0 Å². The number of hydrogen-bond acceptors (Lipinski definition) is 7. The Bertz CT molecular complexity index is 1130. The van der Waals surface area contributed by atoms with E-state index in [1.54, 1.807) is 30.3 Å². The van der Waals surface area contributed by atoms with E-state index in [4.69, 9.17) is 4.42 Å². The molecular formula is C16H7NO7. The summed E-state index contributed by atoms with van der Waals surface area (Å²) in [6, 6.07) is 8.14. The number of ketones is 1. The van der Waals surface area contributed by atoms with Crippen LogP contribution in [0.1, 0.15) is 15.9 Å². The van der Waals surface area contributed by atoms with Crippen molar-refractivity contribution in [3.8, 4) is 22.8 Å². The third-order valence-electron chi connectivity index (χ3n) is 3.93. The molecule has 8 nitrogen and oxygen atoms in total. The first-order valence-corrected chi connectivity index (χ1v) is 6.76. The third kappa shape index (κ3) is 1.51. The van der Waals surface area contributed by atoms with Gasteiger partial charge in [0.15, 0.2) is 0 Å². The third-order valence-corrected chi connectivity index (χ3v) is 3.93. The summed E-state index contributed by atoms with van der Waals surface area (Å²) in [4.78, 5) is 35.4. The van der Waals surface area contributed by atoms with Crippen LogP contribution < -0.4 is 5.43 Å². The van der Waals surface area contributed by atoms with Crippen molar-refractivity contribution in [2.24, 2.45) is 0 Å². The number of phenolic OH excluding ortho intramolecular Hbond substituents is 2. The lowest BCUT2D eigenvalue weighted by atomic mass is 9.89. The standard InChI is InChI=1S/C16H7NO7/c18-11-7-12(19)9-13(20)8(11)15(6-4-2-1-3-5-6)24-16(9)10(14(7)21)17(22)23/h1-5,19,21H. The summed E-state index contributed by atoms with van der Waals surface area (Å²) in [5.74, 6) is -2.98. The molecule has 3 aromatic rings. The number of carbonyl (C=O) groups excluding carboxylic acids is 1. The van der Waals surface area contributed by atoms with Gasteiger partial charge in [-0.25, -0.2) is 0 Å². The van der Waals surface area contributed by atoms with E-state index in [9.17, 15) is 29.9 Å². The van der Waals surface area contributed by atoms with Crippen molar-refractivity contribution in [1.82, 2.24) is 0 Å². The lowest BCUT2D eigenvalue weighted by molar-refractivity contribution is -0.384. The highest BCUT2D eigenvalue weighted by Gasteiger charge is 2.41. The zero-order valence-corrected chi connectivity index (χ0v) is 11.8. The second kappa shape index (κ2) is 4.42. The summed E-state index contributed by atoms with van der Waals surface area (Å²) in [6.07, 6.45) is 0. The summed E-state index contributed by atoms with van der Waals surface area (Å²) in [6.45, 7) is 0. The molecule has 118 valence electrons. The molecular weight excluding hydrogens is 318 g/mol. The fourth-order valence-corrected chi connectivity index (χ4v) is 2.89. The Labute approximate surface area is 132 Å². The van der Waals surface area contributed by atoms with E-state index >= 15 is 0 Å². The summed E-state index contributed by atoms with van der Waals surface area (Å²) in [5, 5.41) is 30.8. The Morgan fingerprint density at radius 3 is 2.29 bits per heavy atom. The van der Waals surface area contributed by atoms with Crippen molar-refractivity contribution < 1.29 is 24.3 Å². The van der Waals surface area contributed by atoms with Crippen LogP contribution in [0.2, 0.25) is 0 Å². The average Bonchev–Trinajstić information content (AvgIpc) is 2.53. The summed E-state index contributed by atoms with van der Waals surface area (Å²) >= 11 is 0. The van der Waals surface area contributed by atoms with Crippen molar-refractivity contribution in [3.63, 3.8) is 0 Å². The quantitative estimate of drug-likeness (QED) is 0.427. The van der Waals surface area contributed by atoms with E-state index < -0.39 is 49.9 Å². The largest absolute Gasteiger partial charge is 0.506 e.